The van der Waals surface area contributed by atoms with Crippen molar-refractivity contribution in [3.8, 4) is 11.5 Å². The molecule has 1 heterocycles. The van der Waals surface area contributed by atoms with Crippen molar-refractivity contribution in [1.82, 2.24) is 0 Å². The molecule has 3 fully saturated rings. The van der Waals surface area contributed by atoms with Crippen molar-refractivity contribution in [2.24, 2.45) is 22.7 Å². The first-order valence-electron chi connectivity index (χ1n) is 16.4. The number of fused-ring (bicyclic) bond motifs is 5. The molecule has 264 valence electrons. The average Bonchev–Trinajstić information content (AvgIpc) is 3.19. The Kier molecular flexibility index (Phi) is 9.03. The van der Waals surface area contributed by atoms with Crippen LogP contribution in [0.25, 0.3) is 0 Å². The number of phenolic OH excluding ortho intramolecular Hbond substituents is 1. The van der Waals surface area contributed by atoms with E-state index in [1.807, 2.05) is 20.8 Å². The van der Waals surface area contributed by atoms with Gasteiger partial charge in [0, 0.05) is 12.3 Å². The summed E-state index contributed by atoms with van der Waals surface area (Å²) in [5.74, 6) is -1.68. The Labute approximate surface area is 275 Å². The zero-order chi connectivity index (χ0) is 35.2. The lowest BCUT2D eigenvalue weighted by Gasteiger charge is -2.62. The van der Waals surface area contributed by atoms with Crippen LogP contribution in [0.15, 0.2) is 18.2 Å². The van der Waals surface area contributed by atoms with Gasteiger partial charge in [-0.15, -0.1) is 0 Å². The summed E-state index contributed by atoms with van der Waals surface area (Å²) < 4.78 is 11.4. The largest absolute Gasteiger partial charge is 0.504 e. The van der Waals surface area contributed by atoms with Crippen molar-refractivity contribution in [2.45, 2.75) is 134 Å². The molecule has 9 N–H and O–H groups in total. The molecule has 0 amide bonds. The minimum absolute atomic E-state index is 0.0153. The maximum atomic E-state index is 14.6. The maximum absolute atomic E-state index is 14.6. The molecule has 13 atom stereocenters. The van der Waals surface area contributed by atoms with E-state index in [0.717, 1.165) is 5.56 Å². The first-order chi connectivity index (χ1) is 21.6. The van der Waals surface area contributed by atoms with Gasteiger partial charge in [-0.1, -0.05) is 26.0 Å². The summed E-state index contributed by atoms with van der Waals surface area (Å²) in [6, 6.07) is 1.55. The van der Waals surface area contributed by atoms with Gasteiger partial charge < -0.3 is 55.4 Å². The van der Waals surface area contributed by atoms with Crippen molar-refractivity contribution in [3.63, 3.8) is 0 Å². The van der Waals surface area contributed by atoms with Crippen LogP contribution in [-0.2, 0) is 21.4 Å². The first kappa shape index (κ1) is 36.2. The van der Waals surface area contributed by atoms with E-state index in [-0.39, 0.29) is 36.0 Å². The normalized spacial score (nSPS) is 42.4. The minimum Gasteiger partial charge on any atom is -0.504 e. The summed E-state index contributed by atoms with van der Waals surface area (Å²) in [4.78, 5) is 14.6. The van der Waals surface area contributed by atoms with E-state index >= 15 is 0 Å². The number of rotatable bonds is 7. The number of aliphatic hydroxyl groups is 8. The highest BCUT2D eigenvalue weighted by Gasteiger charge is 2.73. The molecule has 2 saturated carbocycles. The van der Waals surface area contributed by atoms with Crippen molar-refractivity contribution >= 4 is 5.78 Å². The number of aromatic hydroxyl groups is 1. The molecule has 0 bridgehead atoms. The molecular weight excluding hydrogens is 612 g/mol. The molecule has 13 unspecified atom stereocenters. The lowest BCUT2D eigenvalue weighted by molar-refractivity contribution is -0.277. The monoisotopic (exact) mass is 664 g/mol. The number of benzene rings is 1. The molecule has 3 aliphatic carbocycles. The highest BCUT2D eigenvalue weighted by atomic mass is 16.7. The molecule has 47 heavy (non-hydrogen) atoms. The van der Waals surface area contributed by atoms with Crippen LogP contribution in [0.5, 0.6) is 11.5 Å². The zero-order valence-electron chi connectivity index (χ0n) is 28.2. The van der Waals surface area contributed by atoms with Gasteiger partial charge in [0.25, 0.3) is 0 Å². The van der Waals surface area contributed by atoms with Crippen molar-refractivity contribution in [1.29, 1.82) is 0 Å². The van der Waals surface area contributed by atoms with Gasteiger partial charge in [0.1, 0.15) is 36.3 Å². The second kappa shape index (κ2) is 11.7. The molecule has 1 saturated heterocycles. The molecule has 1 aliphatic heterocycles. The third kappa shape index (κ3) is 5.35. The molecule has 5 rings (SSSR count). The second-order valence-corrected chi connectivity index (χ2v) is 15.9. The Balaban J connectivity index is 1.55. The van der Waals surface area contributed by atoms with Crippen molar-refractivity contribution in [3.05, 3.63) is 34.9 Å². The molecular formula is C35H52O12. The fraction of sp³-hybridized carbons (Fsp3) is 0.743. The molecule has 0 spiro atoms. The Morgan fingerprint density at radius 3 is 2.30 bits per heavy atom. The third-order valence-corrected chi connectivity index (χ3v) is 12.5. The Morgan fingerprint density at radius 1 is 1.06 bits per heavy atom. The topological polar surface area (TPSA) is 218 Å². The number of hydrogen-bond acceptors (Lipinski definition) is 12. The molecule has 12 nitrogen and oxygen atoms in total. The summed E-state index contributed by atoms with van der Waals surface area (Å²) in [5.41, 5.74) is -3.93. The summed E-state index contributed by atoms with van der Waals surface area (Å²) in [6.45, 7) is 11.4. The molecule has 1 aromatic rings. The van der Waals surface area contributed by atoms with Crippen LogP contribution in [0.1, 0.15) is 77.5 Å². The van der Waals surface area contributed by atoms with E-state index in [4.69, 9.17) is 9.47 Å². The number of Topliss-reactive ketones (excluding diaryl/α,β-unsaturated/α-hetero) is 1. The number of ether oxygens (including phenoxy) is 2. The van der Waals surface area contributed by atoms with Gasteiger partial charge in [0.2, 0.25) is 6.29 Å². The van der Waals surface area contributed by atoms with Crippen molar-refractivity contribution < 1.29 is 60.2 Å². The number of hydrogen-bond donors (Lipinski definition) is 9. The summed E-state index contributed by atoms with van der Waals surface area (Å²) in [7, 11) is 0. The average molecular weight is 665 g/mol. The molecule has 4 aliphatic rings. The smallest absolute Gasteiger partial charge is 0.229 e. The van der Waals surface area contributed by atoms with Crippen LogP contribution in [0, 0.1) is 29.6 Å². The van der Waals surface area contributed by atoms with Crippen LogP contribution in [0.3, 0.4) is 0 Å². The highest BCUT2D eigenvalue weighted by Crippen LogP contribution is 2.72. The Bertz CT molecular complexity index is 1420. The third-order valence-electron chi connectivity index (χ3n) is 12.5. The molecule has 0 radical (unpaired) electrons. The number of aliphatic hydroxyl groups excluding tert-OH is 6. The predicted molar refractivity (Wildman–Crippen MR) is 168 cm³/mol. The maximum Gasteiger partial charge on any atom is 0.229 e. The zero-order valence-corrected chi connectivity index (χ0v) is 28.2. The van der Waals surface area contributed by atoms with E-state index in [1.54, 1.807) is 13.0 Å². The van der Waals surface area contributed by atoms with Crippen LogP contribution in [0.2, 0.25) is 0 Å². The number of carbonyl (C=O) groups is 1. The SMILES string of the molecule is Cc1c(O)c(OC2OC(CO)C(O)C(O)C2O)cc2c1CCC1C2(C)C(=O)CC2(C)C(C(C)(O)C(O)/C=C/C(C)(C)O)C(O)CC12C. The van der Waals surface area contributed by atoms with E-state index in [9.17, 15) is 50.8 Å². The van der Waals surface area contributed by atoms with E-state index in [0.29, 0.717) is 24.0 Å². The van der Waals surface area contributed by atoms with Gasteiger partial charge in [0.15, 0.2) is 11.5 Å². The van der Waals surface area contributed by atoms with Gasteiger partial charge in [-0.2, -0.15) is 0 Å². The lowest BCUT2D eigenvalue weighted by Crippen LogP contribution is -2.64. The fourth-order valence-corrected chi connectivity index (χ4v) is 9.72. The number of ketones is 1. The summed E-state index contributed by atoms with van der Waals surface area (Å²) in [6.07, 6.45) is -6.22. The predicted octanol–water partition coefficient (Wildman–Crippen LogP) is 0.505. The minimum atomic E-state index is -1.84. The van der Waals surface area contributed by atoms with E-state index in [1.165, 1.54) is 32.9 Å². The quantitative estimate of drug-likeness (QED) is 0.182. The second-order valence-electron chi connectivity index (χ2n) is 15.9. The van der Waals surface area contributed by atoms with Crippen LogP contribution < -0.4 is 4.74 Å². The standard InChI is InChI=1S/C35H52O12/c1-16-17-8-9-22-32(4)13-19(37)29(35(7,45)23(38)10-11-31(2,3)44)33(32,5)14-24(39)34(22,6)18(17)12-20(25(16)40)46-30-28(43)27(42)26(41)21(15-36)47-30/h10-12,19,21-23,26-30,36-38,40-45H,8-9,13-15H2,1-7H3/b11-10+. The summed E-state index contributed by atoms with van der Waals surface area (Å²) >= 11 is 0. The lowest BCUT2D eigenvalue weighted by atomic mass is 9.41. The van der Waals surface area contributed by atoms with Gasteiger partial charge in [-0.05, 0) is 93.4 Å². The molecule has 1 aromatic carbocycles. The summed E-state index contributed by atoms with van der Waals surface area (Å²) in [5, 5.41) is 96.6. The van der Waals surface area contributed by atoms with E-state index in [2.05, 4.69) is 0 Å². The van der Waals surface area contributed by atoms with Crippen LogP contribution in [-0.4, -0.2) is 112 Å². The van der Waals surface area contributed by atoms with Gasteiger partial charge in [-0.3, -0.25) is 4.79 Å². The fourth-order valence-electron chi connectivity index (χ4n) is 9.72. The van der Waals surface area contributed by atoms with Crippen LogP contribution >= 0.6 is 0 Å². The first-order valence-corrected chi connectivity index (χ1v) is 16.4. The van der Waals surface area contributed by atoms with Crippen LogP contribution in [0.4, 0.5) is 0 Å². The number of phenols is 1. The van der Waals surface area contributed by atoms with Gasteiger partial charge >= 0.3 is 0 Å². The Hall–Kier alpha value is -2.13. The van der Waals surface area contributed by atoms with Crippen molar-refractivity contribution in [2.75, 3.05) is 6.61 Å². The van der Waals surface area contributed by atoms with E-state index < -0.39 is 82.9 Å². The molecule has 12 heteroatoms. The van der Waals surface area contributed by atoms with Gasteiger partial charge in [-0.25, -0.2) is 0 Å². The van der Waals surface area contributed by atoms with Gasteiger partial charge in [0.05, 0.1) is 29.3 Å². The number of carbonyl (C=O) groups excluding carboxylic acids is 1. The Morgan fingerprint density at radius 2 is 1.70 bits per heavy atom. The molecule has 0 aromatic heterocycles. The highest BCUT2D eigenvalue weighted by molar-refractivity contribution is 5.93.